The number of rotatable bonds is 3. The van der Waals surface area contributed by atoms with Gasteiger partial charge in [0.2, 0.25) is 0 Å². The Hall–Kier alpha value is -3.82. The average Bonchev–Trinajstić information content (AvgIpc) is 2.68. The van der Waals surface area contributed by atoms with E-state index >= 15 is 0 Å². The molecule has 30 heavy (non-hydrogen) atoms. The van der Waals surface area contributed by atoms with Crippen LogP contribution in [0.5, 0.6) is 0 Å². The zero-order chi connectivity index (χ0) is 21.9. The van der Waals surface area contributed by atoms with Gasteiger partial charge in [0.15, 0.2) is 0 Å². The van der Waals surface area contributed by atoms with Crippen LogP contribution in [-0.2, 0) is 6.18 Å². The second-order valence-corrected chi connectivity index (χ2v) is 6.02. The van der Waals surface area contributed by atoms with Crippen molar-refractivity contribution in [2.45, 2.75) is 6.18 Å². The number of benzene rings is 2. The smallest absolute Gasteiger partial charge is 0.306 e. The fourth-order valence-electron chi connectivity index (χ4n) is 2.54. The Morgan fingerprint density at radius 1 is 0.900 bits per heavy atom. The zero-order valence-corrected chi connectivity index (χ0v) is 14.9. The summed E-state index contributed by atoms with van der Waals surface area (Å²) < 4.78 is 65.6. The molecular weight excluding hydrogens is 409 g/mol. The van der Waals surface area contributed by atoms with Gasteiger partial charge in [-0.25, -0.2) is 13.6 Å². The molecule has 0 aliphatic rings. The first-order valence-electron chi connectivity index (χ1n) is 8.35. The van der Waals surface area contributed by atoms with Crippen LogP contribution in [0.2, 0.25) is 0 Å². The lowest BCUT2D eigenvalue weighted by Gasteiger charge is -2.10. The molecule has 0 fully saturated rings. The molecule has 0 bridgehead atoms. The SMILES string of the molecule is O=C(NC(=O)c1c(F)cccc1F)Nc1ccc(-c2cccc(C(F)(F)F)c2)nc1. The normalized spacial score (nSPS) is 11.1. The molecule has 2 aromatic carbocycles. The van der Waals surface area contributed by atoms with E-state index in [0.29, 0.717) is 0 Å². The highest BCUT2D eigenvalue weighted by molar-refractivity contribution is 6.08. The maximum atomic E-state index is 13.6. The summed E-state index contributed by atoms with van der Waals surface area (Å²) in [6.45, 7) is 0. The number of alkyl halides is 3. The Balaban J connectivity index is 1.69. The maximum Gasteiger partial charge on any atom is 0.416 e. The quantitative estimate of drug-likeness (QED) is 0.585. The Bertz CT molecular complexity index is 1080. The second kappa shape index (κ2) is 8.27. The van der Waals surface area contributed by atoms with E-state index in [2.05, 4.69) is 10.3 Å². The Morgan fingerprint density at radius 2 is 1.57 bits per heavy atom. The number of amides is 3. The van der Waals surface area contributed by atoms with E-state index in [-0.39, 0.29) is 16.9 Å². The number of aromatic nitrogens is 1. The summed E-state index contributed by atoms with van der Waals surface area (Å²) in [7, 11) is 0. The molecule has 3 aromatic rings. The van der Waals surface area contributed by atoms with Gasteiger partial charge in [-0.2, -0.15) is 13.2 Å². The molecule has 0 aliphatic heterocycles. The summed E-state index contributed by atoms with van der Waals surface area (Å²) in [4.78, 5) is 27.7. The maximum absolute atomic E-state index is 13.6. The number of carbonyl (C=O) groups excluding carboxylic acids is 2. The highest BCUT2D eigenvalue weighted by Crippen LogP contribution is 2.31. The third-order valence-corrected chi connectivity index (χ3v) is 3.92. The number of halogens is 5. The van der Waals surface area contributed by atoms with E-state index in [0.717, 1.165) is 36.5 Å². The summed E-state index contributed by atoms with van der Waals surface area (Å²) in [5.41, 5.74) is -1.21. The van der Waals surface area contributed by atoms with Crippen molar-refractivity contribution in [2.75, 3.05) is 5.32 Å². The van der Waals surface area contributed by atoms with Gasteiger partial charge < -0.3 is 5.32 Å². The first kappa shape index (κ1) is 20.9. The number of imide groups is 1. The largest absolute Gasteiger partial charge is 0.416 e. The summed E-state index contributed by atoms with van der Waals surface area (Å²) in [6, 6.07) is 8.99. The fourth-order valence-corrected chi connectivity index (χ4v) is 2.54. The van der Waals surface area contributed by atoms with Gasteiger partial charge in [-0.3, -0.25) is 15.1 Å². The van der Waals surface area contributed by atoms with Gasteiger partial charge in [0.1, 0.15) is 17.2 Å². The molecule has 0 saturated heterocycles. The highest BCUT2D eigenvalue weighted by Gasteiger charge is 2.30. The summed E-state index contributed by atoms with van der Waals surface area (Å²) in [5.74, 6) is -3.54. The molecule has 0 aliphatic carbocycles. The molecule has 1 aromatic heterocycles. The number of urea groups is 1. The monoisotopic (exact) mass is 421 g/mol. The van der Waals surface area contributed by atoms with Crippen molar-refractivity contribution in [3.63, 3.8) is 0 Å². The number of nitrogens with zero attached hydrogens (tertiary/aromatic N) is 1. The Morgan fingerprint density at radius 3 is 2.17 bits per heavy atom. The summed E-state index contributed by atoms with van der Waals surface area (Å²) in [5, 5.41) is 4.01. The third kappa shape index (κ3) is 4.77. The summed E-state index contributed by atoms with van der Waals surface area (Å²) in [6.07, 6.45) is -3.34. The highest BCUT2D eigenvalue weighted by atomic mass is 19.4. The van der Waals surface area contributed by atoms with E-state index in [1.54, 1.807) is 5.32 Å². The predicted octanol–water partition coefficient (Wildman–Crippen LogP) is 5.01. The van der Waals surface area contributed by atoms with Gasteiger partial charge in [-0.15, -0.1) is 0 Å². The van der Waals surface area contributed by atoms with Crippen molar-refractivity contribution in [3.05, 3.63) is 83.6 Å². The zero-order valence-electron chi connectivity index (χ0n) is 14.9. The number of carbonyl (C=O) groups is 2. The van der Waals surface area contributed by atoms with Crippen LogP contribution in [0.25, 0.3) is 11.3 Å². The first-order valence-corrected chi connectivity index (χ1v) is 8.35. The first-order chi connectivity index (χ1) is 14.1. The lowest BCUT2D eigenvalue weighted by atomic mass is 10.1. The molecule has 0 spiro atoms. The van der Waals surface area contributed by atoms with E-state index in [1.807, 2.05) is 0 Å². The molecule has 0 radical (unpaired) electrons. The van der Waals surface area contributed by atoms with Crippen molar-refractivity contribution >= 4 is 17.6 Å². The van der Waals surface area contributed by atoms with Crippen LogP contribution < -0.4 is 10.6 Å². The van der Waals surface area contributed by atoms with E-state index in [1.165, 1.54) is 24.3 Å². The van der Waals surface area contributed by atoms with Gasteiger partial charge >= 0.3 is 12.2 Å². The number of pyridine rings is 1. The molecule has 5 nitrogen and oxygen atoms in total. The minimum absolute atomic E-state index is 0.102. The Labute approximate surface area is 166 Å². The molecule has 1 heterocycles. The number of anilines is 1. The standard InChI is InChI=1S/C20H12F5N3O2/c21-14-5-2-6-15(22)17(14)18(29)28-19(30)27-13-7-8-16(26-10-13)11-3-1-4-12(9-11)20(23,24)25/h1-10H,(H2,27,28,29,30). The number of nitrogens with one attached hydrogen (secondary N) is 2. The van der Waals surface area contributed by atoms with Gasteiger partial charge in [-0.05, 0) is 36.4 Å². The average molecular weight is 421 g/mol. The van der Waals surface area contributed by atoms with E-state index < -0.39 is 40.9 Å². The van der Waals surface area contributed by atoms with Crippen LogP contribution >= 0.6 is 0 Å². The number of hydrogen-bond donors (Lipinski definition) is 2. The van der Waals surface area contributed by atoms with E-state index in [9.17, 15) is 31.5 Å². The van der Waals surface area contributed by atoms with Gasteiger partial charge in [-0.1, -0.05) is 18.2 Å². The van der Waals surface area contributed by atoms with Crippen LogP contribution in [0.15, 0.2) is 60.8 Å². The topological polar surface area (TPSA) is 71.1 Å². The van der Waals surface area contributed by atoms with Crippen molar-refractivity contribution in [1.29, 1.82) is 0 Å². The molecule has 0 unspecified atom stereocenters. The van der Waals surface area contributed by atoms with Crippen LogP contribution in [0, 0.1) is 11.6 Å². The molecule has 0 atom stereocenters. The minimum atomic E-state index is -4.50. The molecule has 0 saturated carbocycles. The van der Waals surface area contributed by atoms with Gasteiger partial charge in [0.25, 0.3) is 5.91 Å². The molecule has 3 rings (SSSR count). The van der Waals surface area contributed by atoms with Crippen LogP contribution in [0.3, 0.4) is 0 Å². The predicted molar refractivity (Wildman–Crippen MR) is 97.5 cm³/mol. The van der Waals surface area contributed by atoms with Gasteiger partial charge in [0.05, 0.1) is 23.1 Å². The van der Waals surface area contributed by atoms with Crippen LogP contribution in [0.4, 0.5) is 32.4 Å². The summed E-state index contributed by atoms with van der Waals surface area (Å²) >= 11 is 0. The van der Waals surface area contributed by atoms with Crippen molar-refractivity contribution in [3.8, 4) is 11.3 Å². The minimum Gasteiger partial charge on any atom is -0.306 e. The molecule has 3 amide bonds. The third-order valence-electron chi connectivity index (χ3n) is 3.92. The second-order valence-electron chi connectivity index (χ2n) is 6.02. The lowest BCUT2D eigenvalue weighted by Crippen LogP contribution is -2.35. The van der Waals surface area contributed by atoms with Gasteiger partial charge in [0, 0.05) is 5.56 Å². The van der Waals surface area contributed by atoms with Crippen molar-refractivity contribution in [2.24, 2.45) is 0 Å². The number of hydrogen-bond acceptors (Lipinski definition) is 3. The van der Waals surface area contributed by atoms with Crippen molar-refractivity contribution in [1.82, 2.24) is 10.3 Å². The van der Waals surface area contributed by atoms with Crippen LogP contribution in [-0.4, -0.2) is 16.9 Å². The molecule has 154 valence electrons. The molecule has 2 N–H and O–H groups in total. The lowest BCUT2D eigenvalue weighted by molar-refractivity contribution is -0.137. The molecular formula is C20H12F5N3O2. The van der Waals surface area contributed by atoms with E-state index in [4.69, 9.17) is 0 Å². The fraction of sp³-hybridized carbons (Fsp3) is 0.0500. The molecule has 10 heteroatoms. The van der Waals surface area contributed by atoms with Crippen molar-refractivity contribution < 1.29 is 31.5 Å². The Kier molecular flexibility index (Phi) is 5.77. The van der Waals surface area contributed by atoms with Crippen LogP contribution in [0.1, 0.15) is 15.9 Å².